The fraction of sp³-hybridized carbons (Fsp3) is 0.478. The van der Waals surface area contributed by atoms with Crippen molar-refractivity contribution in [1.29, 1.82) is 0 Å². The number of alkyl halides is 3. The summed E-state index contributed by atoms with van der Waals surface area (Å²) in [7, 11) is 0. The number of amides is 3. The Hall–Kier alpha value is -3.61. The molecule has 2 aromatic heterocycles. The number of carbonyl (C=O) groups excluding carboxylic acids is 2. The van der Waals surface area contributed by atoms with E-state index >= 15 is 0 Å². The van der Waals surface area contributed by atoms with Crippen LogP contribution in [0, 0.1) is 0 Å². The summed E-state index contributed by atoms with van der Waals surface area (Å²) in [5.74, 6) is -0.368. The largest absolute Gasteiger partial charge is 0.408 e. The minimum absolute atomic E-state index is 0.195. The van der Waals surface area contributed by atoms with Gasteiger partial charge in [-0.15, -0.1) is 0 Å². The number of carbonyl (C=O) groups is 2. The number of aromatic nitrogens is 2. The van der Waals surface area contributed by atoms with Crippen LogP contribution < -0.4 is 25.3 Å². The van der Waals surface area contributed by atoms with Crippen LogP contribution in [0.25, 0.3) is 0 Å². The summed E-state index contributed by atoms with van der Waals surface area (Å²) < 4.78 is 44.1. The van der Waals surface area contributed by atoms with Gasteiger partial charge in [0.1, 0.15) is 17.6 Å². The Morgan fingerprint density at radius 1 is 1.14 bits per heavy atom. The van der Waals surface area contributed by atoms with E-state index in [9.17, 15) is 22.8 Å². The first-order valence-electron chi connectivity index (χ1n) is 11.7. The molecule has 2 bridgehead atoms. The van der Waals surface area contributed by atoms with Gasteiger partial charge in [0.05, 0.1) is 24.9 Å². The van der Waals surface area contributed by atoms with Crippen LogP contribution in [0.1, 0.15) is 23.8 Å². The molecule has 5 heterocycles. The summed E-state index contributed by atoms with van der Waals surface area (Å²) in [5, 5.41) is 4.75. The quantitative estimate of drug-likeness (QED) is 0.659. The number of nitrogens with zero attached hydrogens (tertiary/aromatic N) is 5. The molecular weight excluding hydrogens is 479 g/mol. The van der Waals surface area contributed by atoms with Crippen molar-refractivity contribution in [3.05, 3.63) is 36.2 Å². The summed E-state index contributed by atoms with van der Waals surface area (Å²) in [4.78, 5) is 40.2. The van der Waals surface area contributed by atoms with Gasteiger partial charge in [-0.25, -0.2) is 14.8 Å². The number of urea groups is 1. The van der Waals surface area contributed by atoms with Gasteiger partial charge in [0, 0.05) is 44.1 Å². The number of fused-ring (bicyclic) bond motifs is 4. The molecule has 2 atom stereocenters. The van der Waals surface area contributed by atoms with Crippen molar-refractivity contribution in [3.63, 3.8) is 0 Å². The van der Waals surface area contributed by atoms with Crippen molar-refractivity contribution in [2.75, 3.05) is 59.4 Å². The average molecular weight is 506 g/mol. The number of morpholine rings is 1. The second-order valence-electron chi connectivity index (χ2n) is 8.96. The van der Waals surface area contributed by atoms with Gasteiger partial charge in [-0.1, -0.05) is 0 Å². The normalized spacial score (nSPS) is 20.1. The highest BCUT2D eigenvalue weighted by atomic mass is 19.4. The van der Waals surface area contributed by atoms with E-state index in [1.54, 1.807) is 18.3 Å². The SMILES string of the molecule is C[C@@H](NC(=O)c1ccc2c(n1)N(C(=O)Nc1cc(N3CCOCC3)ccn1)C1CCN2C1)C(F)(F)F. The fourth-order valence-corrected chi connectivity index (χ4v) is 4.63. The number of ether oxygens (including phenoxy) is 1. The zero-order chi connectivity index (χ0) is 25.4. The third-order valence-electron chi connectivity index (χ3n) is 6.60. The van der Waals surface area contributed by atoms with Crippen LogP contribution >= 0.6 is 0 Å². The topological polar surface area (TPSA) is 103 Å². The van der Waals surface area contributed by atoms with E-state index in [1.165, 1.54) is 11.0 Å². The minimum atomic E-state index is -4.58. The molecule has 2 N–H and O–H groups in total. The molecule has 3 aliphatic rings. The zero-order valence-electron chi connectivity index (χ0n) is 19.6. The second-order valence-corrected chi connectivity index (χ2v) is 8.96. The Kier molecular flexibility index (Phi) is 6.33. The van der Waals surface area contributed by atoms with Gasteiger partial charge in [0.15, 0.2) is 5.82 Å². The summed E-state index contributed by atoms with van der Waals surface area (Å²) in [6.45, 7) is 4.86. The predicted octanol–water partition coefficient (Wildman–Crippen LogP) is 2.62. The van der Waals surface area contributed by atoms with Crippen LogP contribution in [-0.4, -0.2) is 79.6 Å². The van der Waals surface area contributed by atoms with Gasteiger partial charge >= 0.3 is 12.2 Å². The molecule has 2 aromatic rings. The maximum Gasteiger partial charge on any atom is 0.408 e. The van der Waals surface area contributed by atoms with E-state index in [1.807, 2.05) is 16.3 Å². The lowest BCUT2D eigenvalue weighted by Crippen LogP contribution is -2.49. The first-order chi connectivity index (χ1) is 17.2. The van der Waals surface area contributed by atoms with Crippen LogP contribution in [0.4, 0.5) is 41.0 Å². The van der Waals surface area contributed by atoms with Gasteiger partial charge in [-0.2, -0.15) is 13.2 Å². The number of pyridine rings is 2. The van der Waals surface area contributed by atoms with Crippen LogP contribution in [0.5, 0.6) is 0 Å². The van der Waals surface area contributed by atoms with Crippen molar-refractivity contribution in [3.8, 4) is 0 Å². The smallest absolute Gasteiger partial charge is 0.378 e. The highest BCUT2D eigenvalue weighted by Gasteiger charge is 2.41. The number of halogens is 3. The molecular formula is C23H26F3N7O3. The highest BCUT2D eigenvalue weighted by Crippen LogP contribution is 2.39. The maximum atomic E-state index is 13.4. The molecule has 3 aliphatic heterocycles. The van der Waals surface area contributed by atoms with Crippen molar-refractivity contribution in [1.82, 2.24) is 15.3 Å². The standard InChI is InChI=1S/C23H26F3N7O3/c1-14(23(24,25)26)28-21(34)17-2-3-18-20(29-17)33(16-5-7-32(18)13-16)22(35)30-19-12-15(4-6-27-19)31-8-10-36-11-9-31/h2-4,6,12,14,16H,5,7-11,13H2,1H3,(H,28,34)(H,27,30,35)/t14-,16?/m1/s1. The molecule has 192 valence electrons. The van der Waals surface area contributed by atoms with E-state index in [2.05, 4.69) is 20.2 Å². The van der Waals surface area contributed by atoms with Gasteiger partial charge in [0.2, 0.25) is 0 Å². The van der Waals surface area contributed by atoms with E-state index < -0.39 is 24.2 Å². The number of hydrogen-bond acceptors (Lipinski definition) is 7. The number of hydrogen-bond donors (Lipinski definition) is 2. The van der Waals surface area contributed by atoms with E-state index in [0.717, 1.165) is 25.7 Å². The van der Waals surface area contributed by atoms with Gasteiger partial charge in [-0.3, -0.25) is 15.0 Å². The van der Waals surface area contributed by atoms with E-state index in [0.29, 0.717) is 44.2 Å². The Balaban J connectivity index is 1.38. The predicted molar refractivity (Wildman–Crippen MR) is 127 cm³/mol. The average Bonchev–Trinajstić information content (AvgIpc) is 3.28. The molecule has 5 rings (SSSR count). The third-order valence-corrected chi connectivity index (χ3v) is 6.60. The summed E-state index contributed by atoms with van der Waals surface area (Å²) in [5.41, 5.74) is 1.36. The molecule has 10 nitrogen and oxygen atoms in total. The Morgan fingerprint density at radius 2 is 1.92 bits per heavy atom. The zero-order valence-corrected chi connectivity index (χ0v) is 19.6. The maximum absolute atomic E-state index is 13.4. The van der Waals surface area contributed by atoms with E-state index in [4.69, 9.17) is 4.74 Å². The number of anilines is 4. The van der Waals surface area contributed by atoms with Crippen LogP contribution in [0.3, 0.4) is 0 Å². The van der Waals surface area contributed by atoms with Gasteiger partial charge in [-0.05, 0) is 31.5 Å². The molecule has 0 aliphatic carbocycles. The van der Waals surface area contributed by atoms with Gasteiger partial charge in [0.25, 0.3) is 5.91 Å². The molecule has 13 heteroatoms. The molecule has 0 radical (unpaired) electrons. The highest BCUT2D eigenvalue weighted by molar-refractivity contribution is 6.05. The van der Waals surface area contributed by atoms with Gasteiger partial charge < -0.3 is 19.9 Å². The third kappa shape index (κ3) is 4.74. The number of nitrogens with one attached hydrogen (secondary N) is 2. The second kappa shape index (κ2) is 9.45. The van der Waals surface area contributed by atoms with Crippen molar-refractivity contribution >= 4 is 34.9 Å². The lowest BCUT2D eigenvalue weighted by Gasteiger charge is -2.35. The number of rotatable bonds is 4. The molecule has 36 heavy (non-hydrogen) atoms. The van der Waals surface area contributed by atoms with Crippen LogP contribution in [-0.2, 0) is 4.74 Å². The van der Waals surface area contributed by atoms with Crippen LogP contribution in [0.2, 0.25) is 0 Å². The first-order valence-corrected chi connectivity index (χ1v) is 11.7. The van der Waals surface area contributed by atoms with E-state index in [-0.39, 0.29) is 17.6 Å². The molecule has 2 fully saturated rings. The lowest BCUT2D eigenvalue weighted by atomic mass is 10.1. The van der Waals surface area contributed by atoms with Crippen molar-refractivity contribution in [2.45, 2.75) is 31.6 Å². The molecule has 2 saturated heterocycles. The van der Waals surface area contributed by atoms with Crippen LogP contribution in [0.15, 0.2) is 30.5 Å². The molecule has 0 aromatic carbocycles. The van der Waals surface area contributed by atoms with Crippen molar-refractivity contribution in [2.24, 2.45) is 0 Å². The molecule has 0 spiro atoms. The molecule has 3 amide bonds. The molecule has 0 saturated carbocycles. The first kappa shape index (κ1) is 24.1. The molecule has 1 unspecified atom stereocenters. The lowest BCUT2D eigenvalue weighted by molar-refractivity contribution is -0.149. The fourth-order valence-electron chi connectivity index (χ4n) is 4.63. The summed E-state index contributed by atoms with van der Waals surface area (Å²) >= 11 is 0. The minimum Gasteiger partial charge on any atom is -0.378 e. The monoisotopic (exact) mass is 505 g/mol. The summed E-state index contributed by atoms with van der Waals surface area (Å²) in [6.07, 6.45) is -2.27. The Labute approximate surface area is 205 Å². The summed E-state index contributed by atoms with van der Waals surface area (Å²) in [6, 6.07) is 3.94. The van der Waals surface area contributed by atoms with Crippen molar-refractivity contribution < 1.29 is 27.5 Å². The Bertz CT molecular complexity index is 1160. The Morgan fingerprint density at radius 3 is 2.67 bits per heavy atom.